The van der Waals surface area contributed by atoms with E-state index in [1.54, 1.807) is 52.8 Å². The number of carbonyl (C=O) groups excluding carboxylic acids is 3. The van der Waals surface area contributed by atoms with E-state index in [2.05, 4.69) is 25.9 Å². The number of ether oxygens (including phenoxy) is 1. The van der Waals surface area contributed by atoms with E-state index in [4.69, 9.17) is 16.3 Å². The molecule has 352 valence electrons. The number of fused-ring (bicyclic) bond motifs is 1. The minimum Gasteiger partial charge on any atom is -0.492 e. The number of hydrogen-bond donors (Lipinski definition) is 4. The maximum absolute atomic E-state index is 14.1. The largest absolute Gasteiger partial charge is 0.492 e. The van der Waals surface area contributed by atoms with Gasteiger partial charge in [0.2, 0.25) is 17.7 Å². The maximum Gasteiger partial charge on any atom is 0.243 e. The monoisotopic (exact) mass is 938 g/mol. The van der Waals surface area contributed by atoms with Gasteiger partial charge < -0.3 is 30.7 Å². The first-order chi connectivity index (χ1) is 31.7. The van der Waals surface area contributed by atoms with E-state index in [1.165, 1.54) is 6.07 Å². The van der Waals surface area contributed by atoms with Gasteiger partial charge in [0.15, 0.2) is 0 Å². The van der Waals surface area contributed by atoms with Crippen LogP contribution in [0.25, 0.3) is 21.3 Å². The normalized spacial score (nSPS) is 19.7. The van der Waals surface area contributed by atoms with Gasteiger partial charge in [-0.25, -0.2) is 9.37 Å². The Labute approximate surface area is 397 Å². The number of hydrogen-bond acceptors (Lipinski definition) is 9. The molecule has 2 aromatic heterocycles. The number of thiazole rings is 1. The number of nitrogens with one attached hydrogen (secondary N) is 3. The van der Waals surface area contributed by atoms with Crippen molar-refractivity contribution in [2.75, 3.05) is 25.0 Å². The van der Waals surface area contributed by atoms with Crippen LogP contribution in [-0.4, -0.2) is 75.6 Å². The highest BCUT2D eigenvalue weighted by molar-refractivity contribution is 7.13. The second-order valence-corrected chi connectivity index (χ2v) is 20.5. The highest BCUT2D eigenvalue weighted by Crippen LogP contribution is 2.41. The lowest BCUT2D eigenvalue weighted by atomic mass is 9.73. The standard InChI is InChI=1S/C52H64ClFN6O5S/c1-32(35-14-16-36(17-15-35)41-22-24-55-44-21-18-38(54)26-42(41)44)49(62)59-39-19-20-43(53)46(27-39)65-25-9-7-6-8-23-56-48(52(3,4)5)51(64)60-30-40(61)28-45(60)50(63)57-29-34-10-12-37(13-11-34)47-33(2)58-31-66-47/h10-13,18-22,24,26-27,31-32,35-36,40,45,48,56,61H,6-9,14-17,23,25,28-30H2,1-5H3,(H,57,63)(H,59,62)/t32-,35?,36?,40+,45-,48+/m1/s1. The van der Waals surface area contributed by atoms with E-state index in [1.807, 2.05) is 70.5 Å². The zero-order chi connectivity index (χ0) is 47.0. The topological polar surface area (TPSA) is 146 Å². The SMILES string of the molecule is Cc1ncsc1-c1ccc(CNC(=O)[C@H]2C[C@H](O)CN2C(=O)[C@H](NCCCCCCOc2cc(NC(=O)[C@H](C)C3CCC(c4ccnc5ccc(F)cc45)CC3)ccc2Cl)C(C)(C)C)cc1. The zero-order valence-electron chi connectivity index (χ0n) is 38.7. The third-order valence-corrected chi connectivity index (χ3v) is 14.6. The Kier molecular flexibility index (Phi) is 16.5. The highest BCUT2D eigenvalue weighted by atomic mass is 35.5. The van der Waals surface area contributed by atoms with Crippen LogP contribution in [0.2, 0.25) is 5.02 Å². The van der Waals surface area contributed by atoms with Gasteiger partial charge in [0, 0.05) is 48.8 Å². The lowest BCUT2D eigenvalue weighted by Gasteiger charge is -2.35. The summed E-state index contributed by atoms with van der Waals surface area (Å²) in [6.07, 6.45) is 8.39. The molecule has 5 aromatic rings. The number of likely N-dealkylation sites (tertiary alicyclic amines) is 1. The van der Waals surface area contributed by atoms with Crippen LogP contribution in [0.5, 0.6) is 5.75 Å². The predicted molar refractivity (Wildman–Crippen MR) is 261 cm³/mol. The molecule has 1 saturated carbocycles. The smallest absolute Gasteiger partial charge is 0.243 e. The van der Waals surface area contributed by atoms with Crippen molar-refractivity contribution in [3.8, 4) is 16.2 Å². The van der Waals surface area contributed by atoms with Crippen molar-refractivity contribution in [2.45, 2.75) is 123 Å². The average Bonchev–Trinajstić information content (AvgIpc) is 3.92. The van der Waals surface area contributed by atoms with Gasteiger partial charge in [-0.2, -0.15) is 0 Å². The number of aromatic nitrogens is 2. The number of aliphatic hydroxyl groups excluding tert-OH is 1. The van der Waals surface area contributed by atoms with Crippen LogP contribution < -0.4 is 20.7 Å². The Hall–Kier alpha value is -4.95. The van der Waals surface area contributed by atoms with Crippen LogP contribution in [-0.2, 0) is 20.9 Å². The Morgan fingerprint density at radius 3 is 2.45 bits per heavy atom. The number of nitrogens with zero attached hydrogens (tertiary/aromatic N) is 3. The van der Waals surface area contributed by atoms with Crippen molar-refractivity contribution in [1.82, 2.24) is 25.5 Å². The van der Waals surface area contributed by atoms with E-state index < -0.39 is 23.6 Å². The van der Waals surface area contributed by atoms with Crippen molar-refractivity contribution < 1.29 is 28.6 Å². The Balaban J connectivity index is 0.813. The summed E-state index contributed by atoms with van der Waals surface area (Å²) in [5, 5.41) is 21.5. The fourth-order valence-electron chi connectivity index (χ4n) is 9.49. The van der Waals surface area contributed by atoms with E-state index in [-0.39, 0.29) is 48.3 Å². The van der Waals surface area contributed by atoms with Crippen LogP contribution >= 0.6 is 22.9 Å². The second kappa shape index (κ2) is 22.2. The van der Waals surface area contributed by atoms with Gasteiger partial charge in [0.1, 0.15) is 17.6 Å². The summed E-state index contributed by atoms with van der Waals surface area (Å²) in [7, 11) is 0. The lowest BCUT2D eigenvalue weighted by Crippen LogP contribution is -2.56. The van der Waals surface area contributed by atoms with Crippen molar-refractivity contribution >= 4 is 57.2 Å². The minimum atomic E-state index is -0.771. The molecule has 11 nitrogen and oxygen atoms in total. The average molecular weight is 940 g/mol. The van der Waals surface area contributed by atoms with Crippen molar-refractivity contribution in [3.63, 3.8) is 0 Å². The Bertz CT molecular complexity index is 2450. The number of anilines is 1. The third-order valence-electron chi connectivity index (χ3n) is 13.4. The summed E-state index contributed by atoms with van der Waals surface area (Å²) in [5.74, 6) is 0.145. The number of carbonyl (C=O) groups is 3. The molecule has 0 spiro atoms. The molecule has 2 aliphatic rings. The third kappa shape index (κ3) is 12.3. The number of aliphatic hydroxyl groups is 1. The quantitative estimate of drug-likeness (QED) is 0.0636. The molecular weight excluding hydrogens is 875 g/mol. The summed E-state index contributed by atoms with van der Waals surface area (Å²) in [4.78, 5) is 52.4. The molecule has 0 radical (unpaired) electrons. The van der Waals surface area contributed by atoms with Gasteiger partial charge in [0.05, 0.1) is 45.4 Å². The number of β-amino-alcohol motifs (C(OH)–C–C–N with tert-alkyl or cyclic N) is 1. The van der Waals surface area contributed by atoms with Gasteiger partial charge in [-0.3, -0.25) is 19.4 Å². The van der Waals surface area contributed by atoms with Gasteiger partial charge in [0.25, 0.3) is 0 Å². The molecule has 3 aromatic carbocycles. The molecule has 14 heteroatoms. The molecule has 4 N–H and O–H groups in total. The Morgan fingerprint density at radius 1 is 0.970 bits per heavy atom. The number of unbranched alkanes of at least 4 members (excludes halogenated alkanes) is 3. The van der Waals surface area contributed by atoms with Crippen LogP contribution in [0.3, 0.4) is 0 Å². The van der Waals surface area contributed by atoms with Gasteiger partial charge in [-0.05, 0) is 122 Å². The fraction of sp³-hybridized carbons (Fsp3) is 0.481. The van der Waals surface area contributed by atoms with E-state index in [0.717, 1.165) is 89.5 Å². The van der Waals surface area contributed by atoms with Crippen LogP contribution in [0, 0.1) is 30.0 Å². The summed E-state index contributed by atoms with van der Waals surface area (Å²) in [6, 6.07) is 18.8. The molecular formula is C52H64ClFN6O5S. The maximum atomic E-state index is 14.1. The predicted octanol–water partition coefficient (Wildman–Crippen LogP) is 10.2. The molecule has 2 fully saturated rings. The Morgan fingerprint density at radius 2 is 1.73 bits per heavy atom. The van der Waals surface area contributed by atoms with Crippen molar-refractivity contribution in [2.24, 2.45) is 17.3 Å². The molecule has 66 heavy (non-hydrogen) atoms. The number of benzene rings is 3. The van der Waals surface area contributed by atoms with Crippen LogP contribution in [0.15, 0.2) is 78.4 Å². The molecule has 3 amide bonds. The number of pyridine rings is 1. The molecule has 1 saturated heterocycles. The molecule has 3 heterocycles. The first kappa shape index (κ1) is 49.0. The molecule has 1 aliphatic heterocycles. The molecule has 4 atom stereocenters. The molecule has 1 aliphatic carbocycles. The van der Waals surface area contributed by atoms with Gasteiger partial charge in [-0.15, -0.1) is 11.3 Å². The van der Waals surface area contributed by atoms with E-state index in [9.17, 15) is 23.9 Å². The second-order valence-electron chi connectivity index (χ2n) is 19.2. The first-order valence-electron chi connectivity index (χ1n) is 23.4. The highest BCUT2D eigenvalue weighted by Gasteiger charge is 2.43. The first-order valence-corrected chi connectivity index (χ1v) is 24.7. The van der Waals surface area contributed by atoms with Crippen molar-refractivity contribution in [1.29, 1.82) is 0 Å². The van der Waals surface area contributed by atoms with Gasteiger partial charge >= 0.3 is 0 Å². The molecule has 7 rings (SSSR count). The summed E-state index contributed by atoms with van der Waals surface area (Å²) in [6.45, 7) is 11.5. The number of halogens is 2. The number of rotatable bonds is 18. The fourth-order valence-corrected chi connectivity index (χ4v) is 10.5. The minimum absolute atomic E-state index is 0.0354. The van der Waals surface area contributed by atoms with Gasteiger partial charge in [-0.1, -0.05) is 76.4 Å². The summed E-state index contributed by atoms with van der Waals surface area (Å²) < 4.78 is 20.2. The molecule has 0 unspecified atom stereocenters. The number of amides is 3. The van der Waals surface area contributed by atoms with Crippen molar-refractivity contribution in [3.05, 3.63) is 106 Å². The summed E-state index contributed by atoms with van der Waals surface area (Å²) in [5.41, 5.74) is 6.99. The van der Waals surface area contributed by atoms with E-state index >= 15 is 0 Å². The zero-order valence-corrected chi connectivity index (χ0v) is 40.3. The van der Waals surface area contributed by atoms with Crippen LogP contribution in [0.1, 0.15) is 108 Å². The number of aryl methyl sites for hydroxylation is 1. The summed E-state index contributed by atoms with van der Waals surface area (Å²) >= 11 is 8.10. The van der Waals surface area contributed by atoms with Crippen LogP contribution in [0.4, 0.5) is 10.1 Å². The molecule has 0 bridgehead atoms. The van der Waals surface area contributed by atoms with E-state index in [0.29, 0.717) is 42.1 Å². The lowest BCUT2D eigenvalue weighted by molar-refractivity contribution is -0.142.